The predicted octanol–water partition coefficient (Wildman–Crippen LogP) is 5.86. The molecule has 31 heavy (non-hydrogen) atoms. The molecule has 154 valence electrons. The van der Waals surface area contributed by atoms with E-state index in [-0.39, 0.29) is 6.04 Å². The van der Waals surface area contributed by atoms with E-state index >= 15 is 0 Å². The van der Waals surface area contributed by atoms with Gasteiger partial charge in [-0.25, -0.2) is 4.98 Å². The monoisotopic (exact) mass is 424 g/mol. The molecule has 3 N–H and O–H groups in total. The zero-order valence-electron chi connectivity index (χ0n) is 17.3. The lowest BCUT2D eigenvalue weighted by Gasteiger charge is -2.20. The quantitative estimate of drug-likeness (QED) is 0.433. The van der Waals surface area contributed by atoms with E-state index in [0.29, 0.717) is 0 Å². The minimum absolute atomic E-state index is 0.190. The van der Waals surface area contributed by atoms with Gasteiger partial charge in [-0.3, -0.25) is 0 Å². The van der Waals surface area contributed by atoms with Gasteiger partial charge in [0.15, 0.2) is 0 Å². The van der Waals surface area contributed by atoms with Gasteiger partial charge >= 0.3 is 0 Å². The highest BCUT2D eigenvalue weighted by Gasteiger charge is 2.28. The Morgan fingerprint density at radius 3 is 2.48 bits per heavy atom. The summed E-state index contributed by atoms with van der Waals surface area (Å²) >= 11 is 1.69. The Morgan fingerprint density at radius 2 is 1.68 bits per heavy atom. The van der Waals surface area contributed by atoms with Crippen LogP contribution >= 0.6 is 11.3 Å². The number of rotatable bonds is 3. The molecule has 2 aromatic carbocycles. The molecule has 1 atom stereocenters. The summed E-state index contributed by atoms with van der Waals surface area (Å²) in [6, 6.07) is 21.3. The third-order valence-corrected chi connectivity index (χ3v) is 7.58. The number of nitrogens with one attached hydrogen (secondary N) is 1. The Kier molecular flexibility index (Phi) is 4.50. The molecular formula is C26H24N4S. The minimum atomic E-state index is 0.190. The molecule has 1 aliphatic carbocycles. The van der Waals surface area contributed by atoms with Crippen molar-refractivity contribution in [2.45, 2.75) is 38.1 Å². The number of pyridine rings is 1. The van der Waals surface area contributed by atoms with Gasteiger partial charge < -0.3 is 11.2 Å². The van der Waals surface area contributed by atoms with Crippen molar-refractivity contribution >= 4 is 33.0 Å². The molecular weight excluding hydrogens is 400 g/mol. The summed E-state index contributed by atoms with van der Waals surface area (Å²) in [6.45, 7) is 0. The molecule has 2 aromatic heterocycles. The number of benzene rings is 2. The first-order valence-electron chi connectivity index (χ1n) is 11.0. The third-order valence-electron chi connectivity index (χ3n) is 6.43. The van der Waals surface area contributed by atoms with Crippen LogP contribution in [0.15, 0.2) is 65.8 Å². The number of anilines is 1. The summed E-state index contributed by atoms with van der Waals surface area (Å²) in [4.78, 5) is 7.20. The molecule has 0 amide bonds. The van der Waals surface area contributed by atoms with Crippen LogP contribution in [0.5, 0.6) is 0 Å². The normalized spacial score (nSPS) is 17.9. The second kappa shape index (κ2) is 7.50. The summed E-state index contributed by atoms with van der Waals surface area (Å²) in [5, 5.41) is 5.80. The zero-order valence-corrected chi connectivity index (χ0v) is 18.1. The van der Waals surface area contributed by atoms with E-state index in [1.165, 1.54) is 40.8 Å². The first kappa shape index (κ1) is 18.6. The number of nitrogens with two attached hydrogens (primary N) is 1. The van der Waals surface area contributed by atoms with Crippen molar-refractivity contribution in [3.63, 3.8) is 0 Å². The Labute approximate surface area is 185 Å². The second-order valence-electron chi connectivity index (χ2n) is 8.37. The van der Waals surface area contributed by atoms with E-state index in [0.717, 1.165) is 45.8 Å². The topological polar surface area (TPSA) is 63.3 Å². The molecule has 4 aromatic rings. The maximum Gasteiger partial charge on any atom is 0.126 e. The van der Waals surface area contributed by atoms with Crippen LogP contribution in [0.2, 0.25) is 0 Å². The van der Waals surface area contributed by atoms with Gasteiger partial charge in [-0.05, 0) is 47.9 Å². The first-order valence-corrected chi connectivity index (χ1v) is 11.8. The van der Waals surface area contributed by atoms with Crippen LogP contribution in [-0.4, -0.2) is 10.7 Å². The Morgan fingerprint density at radius 1 is 0.935 bits per heavy atom. The number of thiophene rings is 1. The van der Waals surface area contributed by atoms with Crippen LogP contribution in [0, 0.1) is 0 Å². The molecule has 0 saturated carbocycles. The van der Waals surface area contributed by atoms with Gasteiger partial charge in [0.05, 0.1) is 22.3 Å². The van der Waals surface area contributed by atoms with Crippen molar-refractivity contribution in [3.8, 4) is 11.1 Å². The summed E-state index contributed by atoms with van der Waals surface area (Å²) in [5.41, 5.74) is 18.4. The summed E-state index contributed by atoms with van der Waals surface area (Å²) in [5.74, 6) is 0. The fourth-order valence-electron chi connectivity index (χ4n) is 4.91. The SMILES string of the molecule is Nc1c(C2=NN[C@H](c3ccccc3)C2)sc2nc3c(c(-c4ccccc4)c12)CCCC3. The van der Waals surface area contributed by atoms with Gasteiger partial charge in [0, 0.05) is 17.5 Å². The maximum absolute atomic E-state index is 6.84. The molecule has 2 aliphatic rings. The number of hydrogen-bond acceptors (Lipinski definition) is 5. The molecule has 0 radical (unpaired) electrons. The number of nitrogens with zero attached hydrogens (tertiary/aromatic N) is 2. The van der Waals surface area contributed by atoms with Crippen LogP contribution in [0.3, 0.4) is 0 Å². The zero-order chi connectivity index (χ0) is 20.8. The summed E-state index contributed by atoms with van der Waals surface area (Å²) < 4.78 is 0. The number of fused-ring (bicyclic) bond motifs is 2. The number of hydrazone groups is 1. The summed E-state index contributed by atoms with van der Waals surface area (Å²) in [7, 11) is 0. The Bertz CT molecular complexity index is 1290. The fraction of sp³-hybridized carbons (Fsp3) is 0.231. The first-order chi connectivity index (χ1) is 15.3. The Hall–Kier alpha value is -3.18. The molecule has 1 aliphatic heterocycles. The van der Waals surface area contributed by atoms with Crippen LogP contribution in [0.4, 0.5) is 5.69 Å². The average Bonchev–Trinajstić information content (AvgIpc) is 3.44. The molecule has 0 spiro atoms. The predicted molar refractivity (Wildman–Crippen MR) is 130 cm³/mol. The highest BCUT2D eigenvalue weighted by atomic mass is 32.1. The van der Waals surface area contributed by atoms with Gasteiger partial charge in [0.1, 0.15) is 4.83 Å². The number of aromatic nitrogens is 1. The fourth-order valence-corrected chi connectivity index (χ4v) is 6.03. The van der Waals surface area contributed by atoms with Gasteiger partial charge in [0.25, 0.3) is 0 Å². The van der Waals surface area contributed by atoms with Crippen LogP contribution in [-0.2, 0) is 12.8 Å². The lowest BCUT2D eigenvalue weighted by molar-refractivity contribution is 0.620. The molecule has 0 unspecified atom stereocenters. The van der Waals surface area contributed by atoms with Crippen molar-refractivity contribution in [1.29, 1.82) is 0 Å². The summed E-state index contributed by atoms with van der Waals surface area (Å²) in [6.07, 6.45) is 5.39. The highest BCUT2D eigenvalue weighted by Crippen LogP contribution is 2.44. The number of aryl methyl sites for hydroxylation is 1. The minimum Gasteiger partial charge on any atom is -0.397 e. The molecule has 4 nitrogen and oxygen atoms in total. The Balaban J connectivity index is 1.49. The van der Waals surface area contributed by atoms with Gasteiger partial charge in [-0.2, -0.15) is 5.10 Å². The average molecular weight is 425 g/mol. The number of nitrogen functional groups attached to an aromatic ring is 1. The highest BCUT2D eigenvalue weighted by molar-refractivity contribution is 7.21. The van der Waals surface area contributed by atoms with E-state index in [1.807, 2.05) is 6.07 Å². The van der Waals surface area contributed by atoms with Crippen LogP contribution in [0.1, 0.15) is 47.0 Å². The van der Waals surface area contributed by atoms with Gasteiger partial charge in [-0.15, -0.1) is 11.3 Å². The van der Waals surface area contributed by atoms with Gasteiger partial charge in [-0.1, -0.05) is 60.7 Å². The van der Waals surface area contributed by atoms with Crippen molar-refractivity contribution < 1.29 is 0 Å². The molecule has 3 heterocycles. The van der Waals surface area contributed by atoms with E-state index in [4.69, 9.17) is 10.7 Å². The molecule has 5 heteroatoms. The van der Waals surface area contributed by atoms with E-state index in [1.54, 1.807) is 11.3 Å². The van der Waals surface area contributed by atoms with E-state index in [9.17, 15) is 0 Å². The molecule has 0 saturated heterocycles. The van der Waals surface area contributed by atoms with E-state index < -0.39 is 0 Å². The lowest BCUT2D eigenvalue weighted by Crippen LogP contribution is -2.09. The molecule has 6 rings (SSSR count). The second-order valence-corrected chi connectivity index (χ2v) is 9.36. The third kappa shape index (κ3) is 3.12. The van der Waals surface area contributed by atoms with E-state index in [2.05, 4.69) is 65.1 Å². The lowest BCUT2D eigenvalue weighted by atomic mass is 9.87. The standard InChI is InChI=1S/C26H24N4S/c27-24-23-22(17-11-5-2-6-12-17)18-13-7-8-14-19(18)28-26(23)31-25(24)21-15-20(29-30-21)16-9-3-1-4-10-16/h1-6,9-12,20,29H,7-8,13-15,27H2/t20-/m0/s1. The molecule has 0 fully saturated rings. The van der Waals surface area contributed by atoms with Crippen molar-refractivity contribution in [3.05, 3.63) is 82.4 Å². The van der Waals surface area contributed by atoms with Crippen LogP contribution < -0.4 is 11.2 Å². The number of hydrogen-bond donors (Lipinski definition) is 2. The smallest absolute Gasteiger partial charge is 0.126 e. The largest absolute Gasteiger partial charge is 0.397 e. The van der Waals surface area contributed by atoms with Crippen molar-refractivity contribution in [1.82, 2.24) is 10.4 Å². The van der Waals surface area contributed by atoms with Crippen molar-refractivity contribution in [2.24, 2.45) is 5.10 Å². The van der Waals surface area contributed by atoms with Gasteiger partial charge in [0.2, 0.25) is 0 Å². The van der Waals surface area contributed by atoms with Crippen molar-refractivity contribution in [2.75, 3.05) is 5.73 Å². The van der Waals surface area contributed by atoms with Crippen LogP contribution in [0.25, 0.3) is 21.3 Å². The maximum atomic E-state index is 6.84. The molecule has 0 bridgehead atoms.